The van der Waals surface area contributed by atoms with Gasteiger partial charge in [-0.25, -0.2) is 14.4 Å². The summed E-state index contributed by atoms with van der Waals surface area (Å²) in [6, 6.07) is 8.53. The van der Waals surface area contributed by atoms with E-state index in [9.17, 15) is 4.39 Å². The molecule has 106 valence electrons. The molecule has 0 aliphatic rings. The fraction of sp³-hybridized carbons (Fsp3) is 0.125. The first-order chi connectivity index (χ1) is 9.95. The van der Waals surface area contributed by atoms with Crippen LogP contribution in [0.4, 0.5) is 4.39 Å². The van der Waals surface area contributed by atoms with Crippen molar-refractivity contribution in [1.82, 2.24) is 9.97 Å². The summed E-state index contributed by atoms with van der Waals surface area (Å²) in [6.07, 6.45) is 0. The second-order valence-electron chi connectivity index (χ2n) is 4.94. The number of halogens is 3. The van der Waals surface area contributed by atoms with Gasteiger partial charge in [-0.3, -0.25) is 0 Å². The number of aryl methyl sites for hydroxylation is 2. The fourth-order valence-corrected chi connectivity index (χ4v) is 2.69. The summed E-state index contributed by atoms with van der Waals surface area (Å²) in [5, 5.41) is 1.50. The van der Waals surface area contributed by atoms with E-state index in [4.69, 9.17) is 23.2 Å². The van der Waals surface area contributed by atoms with Crippen molar-refractivity contribution in [3.05, 3.63) is 57.5 Å². The zero-order valence-corrected chi connectivity index (χ0v) is 12.9. The molecule has 0 unspecified atom stereocenters. The largest absolute Gasteiger partial charge is 0.226 e. The molecule has 5 heteroatoms. The third kappa shape index (κ3) is 2.59. The molecule has 1 aromatic heterocycles. The highest BCUT2D eigenvalue weighted by molar-refractivity contribution is 6.38. The molecule has 0 spiro atoms. The minimum atomic E-state index is -0.303. The molecular formula is C16H11Cl2FN2. The zero-order chi connectivity index (χ0) is 15.1. The number of hydrogen-bond donors (Lipinski definition) is 0. The smallest absolute Gasteiger partial charge is 0.161 e. The minimum Gasteiger partial charge on any atom is -0.226 e. The van der Waals surface area contributed by atoms with E-state index in [0.29, 0.717) is 38.0 Å². The predicted octanol–water partition coefficient (Wildman–Crippen LogP) is 5.36. The standard InChI is InChI=1S/C16H11Cl2FN2/c1-8-5-11-14(12(17)6-8)20-16(21-15(11)18)10-4-3-9(2)13(19)7-10/h3-7H,1-2H3. The van der Waals surface area contributed by atoms with Crippen LogP contribution in [0.15, 0.2) is 30.3 Å². The van der Waals surface area contributed by atoms with Gasteiger partial charge in [0, 0.05) is 10.9 Å². The van der Waals surface area contributed by atoms with Crippen LogP contribution >= 0.6 is 23.2 Å². The Balaban J connectivity index is 2.27. The molecule has 0 bridgehead atoms. The van der Waals surface area contributed by atoms with Crippen LogP contribution in [-0.4, -0.2) is 9.97 Å². The molecule has 0 radical (unpaired) electrons. The minimum absolute atomic E-state index is 0.303. The lowest BCUT2D eigenvalue weighted by molar-refractivity contribution is 0.619. The van der Waals surface area contributed by atoms with Crippen molar-refractivity contribution in [2.24, 2.45) is 0 Å². The number of nitrogens with zero attached hydrogens (tertiary/aromatic N) is 2. The molecule has 2 nitrogen and oxygen atoms in total. The van der Waals surface area contributed by atoms with E-state index in [1.165, 1.54) is 6.07 Å². The van der Waals surface area contributed by atoms with E-state index in [2.05, 4.69) is 9.97 Å². The lowest BCUT2D eigenvalue weighted by Gasteiger charge is -2.08. The van der Waals surface area contributed by atoms with E-state index in [1.54, 1.807) is 19.1 Å². The second kappa shape index (κ2) is 5.24. The molecule has 3 rings (SSSR count). The Hall–Kier alpha value is -1.71. The van der Waals surface area contributed by atoms with Crippen LogP contribution in [0, 0.1) is 19.7 Å². The maximum atomic E-state index is 13.7. The SMILES string of the molecule is Cc1cc(Cl)c2nc(-c3ccc(C)c(F)c3)nc(Cl)c2c1. The number of benzene rings is 2. The lowest BCUT2D eigenvalue weighted by atomic mass is 10.1. The molecule has 0 saturated carbocycles. The topological polar surface area (TPSA) is 25.8 Å². The fourth-order valence-electron chi connectivity index (χ4n) is 2.15. The molecule has 0 aliphatic carbocycles. The van der Waals surface area contributed by atoms with Crippen molar-refractivity contribution in [1.29, 1.82) is 0 Å². The van der Waals surface area contributed by atoms with Crippen LogP contribution < -0.4 is 0 Å². The number of rotatable bonds is 1. The van der Waals surface area contributed by atoms with E-state index < -0.39 is 0 Å². The van der Waals surface area contributed by atoms with Crippen molar-refractivity contribution in [3.63, 3.8) is 0 Å². The van der Waals surface area contributed by atoms with Gasteiger partial charge < -0.3 is 0 Å². The lowest BCUT2D eigenvalue weighted by Crippen LogP contribution is -1.94. The van der Waals surface area contributed by atoms with Crippen molar-refractivity contribution in [2.45, 2.75) is 13.8 Å². The first kappa shape index (κ1) is 14.2. The highest BCUT2D eigenvalue weighted by atomic mass is 35.5. The molecule has 1 heterocycles. The van der Waals surface area contributed by atoms with Gasteiger partial charge in [0.05, 0.1) is 10.5 Å². The van der Waals surface area contributed by atoms with Crippen LogP contribution in [0.5, 0.6) is 0 Å². The summed E-state index contributed by atoms with van der Waals surface area (Å²) >= 11 is 12.5. The molecule has 0 aliphatic heterocycles. The van der Waals surface area contributed by atoms with E-state index in [-0.39, 0.29) is 5.82 Å². The Labute approximate surface area is 131 Å². The van der Waals surface area contributed by atoms with Gasteiger partial charge >= 0.3 is 0 Å². The van der Waals surface area contributed by atoms with Gasteiger partial charge in [-0.2, -0.15) is 0 Å². The number of aromatic nitrogens is 2. The van der Waals surface area contributed by atoms with Crippen molar-refractivity contribution >= 4 is 34.1 Å². The Morgan fingerprint density at radius 3 is 2.48 bits per heavy atom. The normalized spacial score (nSPS) is 11.1. The quantitative estimate of drug-likeness (QED) is 0.564. The molecular weight excluding hydrogens is 310 g/mol. The summed E-state index contributed by atoms with van der Waals surface area (Å²) in [6.45, 7) is 3.62. The summed E-state index contributed by atoms with van der Waals surface area (Å²) in [5.74, 6) is 0.0551. The van der Waals surface area contributed by atoms with Crippen molar-refractivity contribution in [3.8, 4) is 11.4 Å². The summed E-state index contributed by atoms with van der Waals surface area (Å²) in [7, 11) is 0. The molecule has 2 aromatic carbocycles. The average Bonchev–Trinajstić information content (AvgIpc) is 2.43. The van der Waals surface area contributed by atoms with Gasteiger partial charge in [-0.05, 0) is 43.2 Å². The molecule has 21 heavy (non-hydrogen) atoms. The number of fused-ring (bicyclic) bond motifs is 1. The van der Waals surface area contributed by atoms with Crippen LogP contribution in [0.1, 0.15) is 11.1 Å². The first-order valence-corrected chi connectivity index (χ1v) is 7.11. The Kier molecular flexibility index (Phi) is 3.56. The molecule has 3 aromatic rings. The molecule has 0 atom stereocenters. The van der Waals surface area contributed by atoms with Crippen LogP contribution in [0.25, 0.3) is 22.3 Å². The predicted molar refractivity (Wildman–Crippen MR) is 84.4 cm³/mol. The highest BCUT2D eigenvalue weighted by Crippen LogP contribution is 2.30. The molecule has 0 N–H and O–H groups in total. The third-order valence-electron chi connectivity index (χ3n) is 3.28. The van der Waals surface area contributed by atoms with E-state index in [0.717, 1.165) is 5.56 Å². The van der Waals surface area contributed by atoms with Gasteiger partial charge in [-0.15, -0.1) is 0 Å². The summed E-state index contributed by atoms with van der Waals surface area (Å²) < 4.78 is 13.7. The van der Waals surface area contributed by atoms with Gasteiger partial charge in [0.15, 0.2) is 5.82 Å². The average molecular weight is 321 g/mol. The van der Waals surface area contributed by atoms with Crippen molar-refractivity contribution in [2.75, 3.05) is 0 Å². The van der Waals surface area contributed by atoms with Crippen LogP contribution in [-0.2, 0) is 0 Å². The van der Waals surface area contributed by atoms with E-state index in [1.807, 2.05) is 19.1 Å². The van der Waals surface area contributed by atoms with E-state index >= 15 is 0 Å². The summed E-state index contributed by atoms with van der Waals surface area (Å²) in [5.41, 5.74) is 2.68. The Morgan fingerprint density at radius 1 is 1.00 bits per heavy atom. The summed E-state index contributed by atoms with van der Waals surface area (Å²) in [4.78, 5) is 8.68. The third-order valence-corrected chi connectivity index (χ3v) is 3.86. The van der Waals surface area contributed by atoms with Crippen LogP contribution in [0.3, 0.4) is 0 Å². The monoisotopic (exact) mass is 320 g/mol. The van der Waals surface area contributed by atoms with Gasteiger partial charge in [0.1, 0.15) is 11.0 Å². The Bertz CT molecular complexity index is 863. The molecule has 0 amide bonds. The zero-order valence-electron chi connectivity index (χ0n) is 11.4. The first-order valence-electron chi connectivity index (χ1n) is 6.35. The Morgan fingerprint density at radius 2 is 1.76 bits per heavy atom. The van der Waals surface area contributed by atoms with Gasteiger partial charge in [0.25, 0.3) is 0 Å². The molecule has 0 fully saturated rings. The van der Waals surface area contributed by atoms with Gasteiger partial charge in [0.2, 0.25) is 0 Å². The van der Waals surface area contributed by atoms with Gasteiger partial charge in [-0.1, -0.05) is 35.3 Å². The van der Waals surface area contributed by atoms with Crippen LogP contribution in [0.2, 0.25) is 10.2 Å². The maximum absolute atomic E-state index is 13.7. The number of hydrogen-bond acceptors (Lipinski definition) is 2. The molecule has 0 saturated heterocycles. The second-order valence-corrected chi connectivity index (χ2v) is 5.71. The highest BCUT2D eigenvalue weighted by Gasteiger charge is 2.12. The van der Waals surface area contributed by atoms with Crippen molar-refractivity contribution < 1.29 is 4.39 Å². The maximum Gasteiger partial charge on any atom is 0.161 e.